The summed E-state index contributed by atoms with van der Waals surface area (Å²) in [6.07, 6.45) is -1.97. The highest BCUT2D eigenvalue weighted by Crippen LogP contribution is 2.33. The fourth-order valence-corrected chi connectivity index (χ4v) is 5.17. The Labute approximate surface area is 215 Å². The van der Waals surface area contributed by atoms with Crippen molar-refractivity contribution in [1.29, 1.82) is 0 Å². The van der Waals surface area contributed by atoms with Crippen LogP contribution in [0.3, 0.4) is 0 Å². The van der Waals surface area contributed by atoms with Crippen LogP contribution < -0.4 is 10.6 Å². The summed E-state index contributed by atoms with van der Waals surface area (Å²) in [5.74, 6) is 0.238. The van der Waals surface area contributed by atoms with E-state index in [0.29, 0.717) is 48.9 Å². The average Bonchev–Trinajstić information content (AvgIpc) is 3.33. The van der Waals surface area contributed by atoms with Crippen LogP contribution in [0.4, 0.5) is 29.3 Å². The number of nitrogens with one attached hydrogen (secondary N) is 2. The Hall–Kier alpha value is -3.52. The minimum atomic E-state index is -2.60. The van der Waals surface area contributed by atoms with E-state index in [0.717, 1.165) is 6.54 Å². The maximum atomic E-state index is 15.3. The molecule has 4 aromatic rings. The van der Waals surface area contributed by atoms with Crippen molar-refractivity contribution in [2.24, 2.45) is 0 Å². The molecule has 2 atom stereocenters. The highest BCUT2D eigenvalue weighted by molar-refractivity contribution is 5.89. The Morgan fingerprint density at radius 1 is 1.18 bits per heavy atom. The lowest BCUT2D eigenvalue weighted by molar-refractivity contribution is -0.0794. The molecule has 0 saturated carbocycles. The Balaban J connectivity index is 1.33. The number of rotatable bonds is 7. The molecule has 2 saturated heterocycles. The SMILES string of the molecule is CNc1nc(N[C@@H]2CCN(C3COC3)C[C@@H]2F)nn2cc(F)c(-c3ccc4nc(C)n(CC(F)F)c4n3)c12. The Morgan fingerprint density at radius 2 is 2.00 bits per heavy atom. The first-order valence-electron chi connectivity index (χ1n) is 12.4. The molecule has 0 bridgehead atoms. The molecule has 202 valence electrons. The summed E-state index contributed by atoms with van der Waals surface area (Å²) in [6.45, 7) is 3.34. The molecule has 2 aliphatic heterocycles. The van der Waals surface area contributed by atoms with Crippen molar-refractivity contribution >= 4 is 28.4 Å². The first-order valence-corrected chi connectivity index (χ1v) is 12.4. The number of likely N-dealkylation sites (tertiary alicyclic amines) is 1. The Morgan fingerprint density at radius 3 is 2.68 bits per heavy atom. The molecule has 2 fully saturated rings. The molecule has 2 N–H and O–H groups in total. The molecule has 4 aromatic heterocycles. The Bertz CT molecular complexity index is 1490. The molecule has 0 amide bonds. The van der Waals surface area contributed by atoms with E-state index < -0.39 is 31.0 Å². The van der Waals surface area contributed by atoms with Gasteiger partial charge in [-0.15, -0.1) is 5.10 Å². The number of alkyl halides is 3. The molecule has 14 heteroatoms. The van der Waals surface area contributed by atoms with Crippen LogP contribution in [-0.2, 0) is 11.3 Å². The van der Waals surface area contributed by atoms with Crippen molar-refractivity contribution in [3.8, 4) is 11.3 Å². The quantitative estimate of drug-likeness (QED) is 0.350. The normalized spacial score (nSPS) is 20.9. The van der Waals surface area contributed by atoms with Crippen LogP contribution in [-0.4, -0.2) is 92.1 Å². The third-order valence-corrected chi connectivity index (χ3v) is 7.21. The zero-order chi connectivity index (χ0) is 26.6. The number of ether oxygens (including phenoxy) is 1. The van der Waals surface area contributed by atoms with E-state index in [-0.39, 0.29) is 28.9 Å². The fraction of sp³-hybridized carbons (Fsp3) is 0.500. The van der Waals surface area contributed by atoms with E-state index >= 15 is 4.39 Å². The van der Waals surface area contributed by atoms with Gasteiger partial charge in [-0.05, 0) is 25.5 Å². The third-order valence-electron chi connectivity index (χ3n) is 7.21. The number of hydrogen-bond acceptors (Lipinski definition) is 8. The van der Waals surface area contributed by atoms with Crippen molar-refractivity contribution in [2.75, 3.05) is 44.0 Å². The monoisotopic (exact) mass is 533 g/mol. The summed E-state index contributed by atoms with van der Waals surface area (Å²) in [6, 6.07) is 2.98. The van der Waals surface area contributed by atoms with E-state index in [1.165, 1.54) is 15.3 Å². The van der Waals surface area contributed by atoms with Crippen molar-refractivity contribution in [2.45, 2.75) is 44.6 Å². The minimum Gasteiger partial charge on any atom is -0.378 e. The number of anilines is 2. The van der Waals surface area contributed by atoms with Gasteiger partial charge in [-0.25, -0.2) is 32.0 Å². The topological polar surface area (TPSA) is 97.4 Å². The molecule has 0 unspecified atom stereocenters. The minimum absolute atomic E-state index is 0.115. The van der Waals surface area contributed by atoms with Crippen LogP contribution in [0.2, 0.25) is 0 Å². The lowest BCUT2D eigenvalue weighted by Crippen LogP contribution is -2.57. The van der Waals surface area contributed by atoms with Crippen molar-refractivity contribution in [3.63, 3.8) is 0 Å². The number of imidazole rings is 1. The summed E-state index contributed by atoms with van der Waals surface area (Å²) in [5, 5.41) is 10.4. The van der Waals surface area contributed by atoms with Crippen LogP contribution in [0.1, 0.15) is 12.2 Å². The van der Waals surface area contributed by atoms with Gasteiger partial charge in [0.25, 0.3) is 6.43 Å². The first kappa shape index (κ1) is 24.8. The average molecular weight is 534 g/mol. The summed E-state index contributed by atoms with van der Waals surface area (Å²) >= 11 is 0. The van der Waals surface area contributed by atoms with E-state index in [9.17, 15) is 13.2 Å². The van der Waals surface area contributed by atoms with Gasteiger partial charge in [0.15, 0.2) is 17.3 Å². The number of pyridine rings is 1. The number of fused-ring (bicyclic) bond motifs is 2. The standard InChI is InChI=1S/C24H27F4N9O/c1-12-30-18-4-3-17(31-23(18)36(12)9-19(27)28)20-15(26)8-37-21(20)22(29-2)33-24(34-37)32-16-5-6-35(7-14(16)25)13-10-38-11-13/h3-4,8,13-14,16,19H,5-7,9-11H2,1-2H3,(H2,29,32,33,34)/t14-,16+/m0/s1. The van der Waals surface area contributed by atoms with Gasteiger partial charge in [-0.3, -0.25) is 4.90 Å². The molecule has 38 heavy (non-hydrogen) atoms. The number of aromatic nitrogens is 6. The predicted octanol–water partition coefficient (Wildman–Crippen LogP) is 3.12. The van der Waals surface area contributed by atoms with Gasteiger partial charge < -0.3 is 19.9 Å². The molecule has 2 aliphatic rings. The first-order chi connectivity index (χ1) is 18.3. The number of hydrogen-bond donors (Lipinski definition) is 2. The van der Waals surface area contributed by atoms with Crippen LogP contribution in [0.5, 0.6) is 0 Å². The van der Waals surface area contributed by atoms with Crippen LogP contribution in [0, 0.1) is 12.7 Å². The smallest absolute Gasteiger partial charge is 0.256 e. The molecule has 0 radical (unpaired) electrons. The molecule has 0 aliphatic carbocycles. The maximum Gasteiger partial charge on any atom is 0.256 e. The summed E-state index contributed by atoms with van der Waals surface area (Å²) in [4.78, 5) is 15.4. The Kier molecular flexibility index (Phi) is 6.30. The highest BCUT2D eigenvalue weighted by atomic mass is 19.3. The molecule has 10 nitrogen and oxygen atoms in total. The lowest BCUT2D eigenvalue weighted by atomic mass is 10.0. The number of nitrogens with zero attached hydrogens (tertiary/aromatic N) is 7. The van der Waals surface area contributed by atoms with E-state index in [2.05, 4.69) is 35.6 Å². The number of halogens is 4. The summed E-state index contributed by atoms with van der Waals surface area (Å²) in [7, 11) is 1.63. The largest absolute Gasteiger partial charge is 0.378 e. The van der Waals surface area contributed by atoms with Gasteiger partial charge in [0.05, 0.1) is 49.3 Å². The second-order valence-corrected chi connectivity index (χ2v) is 9.62. The van der Waals surface area contributed by atoms with Crippen molar-refractivity contribution < 1.29 is 22.3 Å². The van der Waals surface area contributed by atoms with Crippen molar-refractivity contribution in [1.82, 2.24) is 34.0 Å². The zero-order valence-electron chi connectivity index (χ0n) is 20.8. The predicted molar refractivity (Wildman–Crippen MR) is 133 cm³/mol. The summed E-state index contributed by atoms with van der Waals surface area (Å²) < 4.78 is 64.5. The fourth-order valence-electron chi connectivity index (χ4n) is 5.17. The second kappa shape index (κ2) is 9.66. The third kappa shape index (κ3) is 4.30. The van der Waals surface area contributed by atoms with Crippen LogP contribution in [0.25, 0.3) is 27.9 Å². The molecular weight excluding hydrogens is 506 g/mol. The second-order valence-electron chi connectivity index (χ2n) is 9.62. The van der Waals surface area contributed by atoms with Gasteiger partial charge in [0, 0.05) is 20.1 Å². The molecule has 6 rings (SSSR count). The molecular formula is C24H27F4N9O. The van der Waals surface area contributed by atoms with Gasteiger partial charge in [-0.1, -0.05) is 0 Å². The zero-order valence-corrected chi connectivity index (χ0v) is 20.8. The van der Waals surface area contributed by atoms with Crippen LogP contribution >= 0.6 is 0 Å². The number of piperidine rings is 1. The molecule has 6 heterocycles. The number of aryl methyl sites for hydroxylation is 1. The van der Waals surface area contributed by atoms with E-state index in [1.54, 1.807) is 26.1 Å². The van der Waals surface area contributed by atoms with Gasteiger partial charge in [0.1, 0.15) is 23.0 Å². The lowest BCUT2D eigenvalue weighted by Gasteiger charge is -2.42. The van der Waals surface area contributed by atoms with Gasteiger partial charge in [0.2, 0.25) is 5.95 Å². The highest BCUT2D eigenvalue weighted by Gasteiger charge is 2.36. The van der Waals surface area contributed by atoms with Gasteiger partial charge >= 0.3 is 0 Å². The van der Waals surface area contributed by atoms with Crippen molar-refractivity contribution in [3.05, 3.63) is 30.0 Å². The van der Waals surface area contributed by atoms with E-state index in [4.69, 9.17) is 4.74 Å². The van der Waals surface area contributed by atoms with Crippen LogP contribution in [0.15, 0.2) is 18.3 Å². The molecule has 0 spiro atoms. The van der Waals surface area contributed by atoms with Gasteiger partial charge in [-0.2, -0.15) is 4.98 Å². The summed E-state index contributed by atoms with van der Waals surface area (Å²) in [5.41, 5.74) is 1.33. The molecule has 0 aromatic carbocycles. The van der Waals surface area contributed by atoms with E-state index in [1.807, 2.05) is 0 Å². The maximum absolute atomic E-state index is 15.3.